The Morgan fingerprint density at radius 3 is 3.08 bits per heavy atom. The first kappa shape index (κ1) is 9.92. The molecule has 4 heteroatoms. The summed E-state index contributed by atoms with van der Waals surface area (Å²) in [5.41, 5.74) is 0. The van der Waals surface area contributed by atoms with Crippen LogP contribution in [0.2, 0.25) is 0 Å². The van der Waals surface area contributed by atoms with Crippen LogP contribution in [0.25, 0.3) is 0 Å². The van der Waals surface area contributed by atoms with E-state index in [9.17, 15) is 0 Å². The molecule has 0 aromatic rings. The van der Waals surface area contributed by atoms with Crippen molar-refractivity contribution in [2.45, 2.75) is 32.1 Å². The van der Waals surface area contributed by atoms with E-state index in [1.54, 1.807) is 0 Å². The van der Waals surface area contributed by atoms with Crippen molar-refractivity contribution in [3.05, 3.63) is 0 Å². The topological polar surface area (TPSA) is 50.7 Å². The van der Waals surface area contributed by atoms with Gasteiger partial charge in [0.25, 0.3) is 0 Å². The third kappa shape index (κ3) is 3.49. The highest BCUT2D eigenvalue weighted by molar-refractivity contribution is 4.58. The Morgan fingerprint density at radius 1 is 1.50 bits per heavy atom. The van der Waals surface area contributed by atoms with Crippen LogP contribution in [0.15, 0.2) is 0 Å². The molecule has 72 valence electrons. The van der Waals surface area contributed by atoms with Gasteiger partial charge in [-0.2, -0.15) is 0 Å². The summed E-state index contributed by atoms with van der Waals surface area (Å²) in [6.45, 7) is 3.17. The molecule has 2 N–H and O–H groups in total. The molecule has 1 aliphatic rings. The summed E-state index contributed by atoms with van der Waals surface area (Å²) in [7, 11) is 0. The molecule has 1 unspecified atom stereocenters. The number of ether oxygens (including phenoxy) is 2. The van der Waals surface area contributed by atoms with E-state index < -0.39 is 0 Å². The predicted molar refractivity (Wildman–Crippen MR) is 44.6 cm³/mol. The average Bonchev–Trinajstić information content (AvgIpc) is 2.17. The largest absolute Gasteiger partial charge is 0.392 e. The first-order valence-electron chi connectivity index (χ1n) is 4.40. The van der Waals surface area contributed by atoms with E-state index in [-0.39, 0.29) is 25.7 Å². The second kappa shape index (κ2) is 5.48. The van der Waals surface area contributed by atoms with E-state index in [1.165, 1.54) is 0 Å². The van der Waals surface area contributed by atoms with Gasteiger partial charge in [-0.1, -0.05) is 0 Å². The van der Waals surface area contributed by atoms with Gasteiger partial charge in [-0.25, -0.2) is 0 Å². The molecule has 2 atom stereocenters. The third-order valence-electron chi connectivity index (χ3n) is 1.95. The van der Waals surface area contributed by atoms with Crippen LogP contribution in [0.4, 0.5) is 0 Å². The van der Waals surface area contributed by atoms with Gasteiger partial charge in [0.05, 0.1) is 12.7 Å². The van der Waals surface area contributed by atoms with Gasteiger partial charge in [0.15, 0.2) is 0 Å². The van der Waals surface area contributed by atoms with E-state index >= 15 is 0 Å². The summed E-state index contributed by atoms with van der Waals surface area (Å²) < 4.78 is 10.5. The molecule has 12 heavy (non-hydrogen) atoms. The minimum atomic E-state index is -0.268. The summed E-state index contributed by atoms with van der Waals surface area (Å²) in [6, 6.07) is 0. The SMILES string of the molecule is C[C@H]1CCCNC(CO)OCO1. The fraction of sp³-hybridized carbons (Fsp3) is 1.00. The number of rotatable bonds is 1. The Labute approximate surface area is 72.9 Å². The van der Waals surface area contributed by atoms with Crippen molar-refractivity contribution in [2.24, 2.45) is 0 Å². The minimum Gasteiger partial charge on any atom is -0.392 e. The van der Waals surface area contributed by atoms with Crippen LogP contribution in [-0.4, -0.2) is 37.4 Å². The van der Waals surface area contributed by atoms with E-state index in [0.717, 1.165) is 19.4 Å². The maximum Gasteiger partial charge on any atom is 0.149 e. The Balaban J connectivity index is 2.26. The van der Waals surface area contributed by atoms with Gasteiger partial charge in [-0.3, -0.25) is 5.32 Å². The highest BCUT2D eigenvalue weighted by Crippen LogP contribution is 2.04. The number of aliphatic hydroxyl groups excluding tert-OH is 1. The summed E-state index contributed by atoms with van der Waals surface area (Å²) >= 11 is 0. The van der Waals surface area contributed by atoms with Gasteiger partial charge >= 0.3 is 0 Å². The molecular formula is C8H17NO3. The normalized spacial score (nSPS) is 33.5. The lowest BCUT2D eigenvalue weighted by molar-refractivity contribution is -0.127. The highest BCUT2D eigenvalue weighted by atomic mass is 16.7. The zero-order valence-electron chi connectivity index (χ0n) is 7.45. The lowest BCUT2D eigenvalue weighted by atomic mass is 10.2. The standard InChI is InChI=1S/C8H17NO3/c1-7-3-2-4-9-8(5-10)12-6-11-7/h7-10H,2-6H2,1H3/t7-,8?/m0/s1. The summed E-state index contributed by atoms with van der Waals surface area (Å²) in [6.07, 6.45) is 2.08. The molecule has 0 aromatic heterocycles. The number of hydrogen-bond acceptors (Lipinski definition) is 4. The lowest BCUT2D eigenvalue weighted by Crippen LogP contribution is -2.35. The molecule has 1 saturated heterocycles. The average molecular weight is 175 g/mol. The molecular weight excluding hydrogens is 158 g/mol. The third-order valence-corrected chi connectivity index (χ3v) is 1.95. The first-order valence-corrected chi connectivity index (χ1v) is 4.40. The molecule has 1 rings (SSSR count). The van der Waals surface area contributed by atoms with Crippen molar-refractivity contribution in [2.75, 3.05) is 19.9 Å². The maximum atomic E-state index is 8.82. The second-order valence-electron chi connectivity index (χ2n) is 3.03. The van der Waals surface area contributed by atoms with Crippen molar-refractivity contribution >= 4 is 0 Å². The Bertz CT molecular complexity index is 121. The van der Waals surface area contributed by atoms with Crippen LogP contribution >= 0.6 is 0 Å². The summed E-state index contributed by atoms with van der Waals surface area (Å²) in [5.74, 6) is 0. The number of nitrogens with one attached hydrogen (secondary N) is 1. The molecule has 0 spiro atoms. The van der Waals surface area contributed by atoms with Gasteiger partial charge in [0.1, 0.15) is 13.0 Å². The fourth-order valence-corrected chi connectivity index (χ4v) is 1.15. The molecule has 4 nitrogen and oxygen atoms in total. The molecule has 0 aromatic carbocycles. The zero-order valence-corrected chi connectivity index (χ0v) is 7.45. The monoisotopic (exact) mass is 175 g/mol. The van der Waals surface area contributed by atoms with Crippen LogP contribution < -0.4 is 5.32 Å². The molecule has 0 saturated carbocycles. The quantitative estimate of drug-likeness (QED) is 0.592. The van der Waals surface area contributed by atoms with Crippen molar-refractivity contribution < 1.29 is 14.6 Å². The lowest BCUT2D eigenvalue weighted by Gasteiger charge is -2.15. The van der Waals surface area contributed by atoms with E-state index in [4.69, 9.17) is 14.6 Å². The fourth-order valence-electron chi connectivity index (χ4n) is 1.15. The number of hydrogen-bond donors (Lipinski definition) is 2. The summed E-state index contributed by atoms with van der Waals surface area (Å²) in [5, 5.41) is 11.9. The number of aliphatic hydroxyl groups is 1. The van der Waals surface area contributed by atoms with Gasteiger partial charge in [-0.05, 0) is 26.3 Å². The predicted octanol–water partition coefficient (Wildman–Crippen LogP) is 0.0674. The minimum absolute atomic E-state index is 0.00224. The van der Waals surface area contributed by atoms with Crippen LogP contribution in [0.3, 0.4) is 0 Å². The smallest absolute Gasteiger partial charge is 0.149 e. The zero-order chi connectivity index (χ0) is 8.81. The van der Waals surface area contributed by atoms with Crippen LogP contribution in [-0.2, 0) is 9.47 Å². The first-order chi connectivity index (χ1) is 5.83. The Hall–Kier alpha value is -0.160. The van der Waals surface area contributed by atoms with Crippen molar-refractivity contribution in [1.82, 2.24) is 5.32 Å². The molecule has 0 bridgehead atoms. The van der Waals surface area contributed by atoms with E-state index in [0.29, 0.717) is 0 Å². The van der Waals surface area contributed by atoms with Crippen molar-refractivity contribution in [3.63, 3.8) is 0 Å². The van der Waals surface area contributed by atoms with Crippen LogP contribution in [0, 0.1) is 0 Å². The Morgan fingerprint density at radius 2 is 2.33 bits per heavy atom. The van der Waals surface area contributed by atoms with Gasteiger partial charge in [0.2, 0.25) is 0 Å². The van der Waals surface area contributed by atoms with Crippen molar-refractivity contribution in [1.29, 1.82) is 0 Å². The second-order valence-corrected chi connectivity index (χ2v) is 3.03. The molecule has 1 heterocycles. The maximum absolute atomic E-state index is 8.82. The van der Waals surface area contributed by atoms with E-state index in [2.05, 4.69) is 5.32 Å². The molecule has 0 radical (unpaired) electrons. The summed E-state index contributed by atoms with van der Waals surface area (Å²) in [4.78, 5) is 0. The van der Waals surface area contributed by atoms with Crippen LogP contribution in [0.5, 0.6) is 0 Å². The molecule has 1 aliphatic heterocycles. The van der Waals surface area contributed by atoms with Gasteiger partial charge < -0.3 is 14.6 Å². The van der Waals surface area contributed by atoms with Crippen LogP contribution in [0.1, 0.15) is 19.8 Å². The van der Waals surface area contributed by atoms with Crippen molar-refractivity contribution in [3.8, 4) is 0 Å². The highest BCUT2D eigenvalue weighted by Gasteiger charge is 2.10. The molecule has 0 aliphatic carbocycles. The van der Waals surface area contributed by atoms with E-state index in [1.807, 2.05) is 6.92 Å². The van der Waals surface area contributed by atoms with Gasteiger partial charge in [0, 0.05) is 0 Å². The Kier molecular flexibility index (Phi) is 4.53. The molecule has 0 amide bonds. The van der Waals surface area contributed by atoms with Gasteiger partial charge in [-0.15, -0.1) is 0 Å². The molecule has 1 fully saturated rings.